The molecular formula is C22H24N4O3. The summed E-state index contributed by atoms with van der Waals surface area (Å²) in [4.78, 5) is 13.0. The van der Waals surface area contributed by atoms with Crippen molar-refractivity contribution in [1.29, 1.82) is 0 Å². The highest BCUT2D eigenvalue weighted by molar-refractivity contribution is 5.94. The lowest BCUT2D eigenvalue weighted by atomic mass is 10.1. The zero-order chi connectivity index (χ0) is 20.4. The number of ether oxygens (including phenoxy) is 2. The Morgan fingerprint density at radius 2 is 1.83 bits per heavy atom. The summed E-state index contributed by atoms with van der Waals surface area (Å²) < 4.78 is 12.4. The van der Waals surface area contributed by atoms with Crippen LogP contribution in [-0.2, 0) is 0 Å². The third-order valence-corrected chi connectivity index (χ3v) is 5.14. The van der Waals surface area contributed by atoms with Crippen molar-refractivity contribution in [3.8, 4) is 17.2 Å². The number of aromatic nitrogens is 3. The monoisotopic (exact) mass is 392 g/mol. The summed E-state index contributed by atoms with van der Waals surface area (Å²) in [6.07, 6.45) is 2.09. The highest BCUT2D eigenvalue weighted by Gasteiger charge is 2.34. The minimum atomic E-state index is -0.226. The average molecular weight is 392 g/mol. The summed E-state index contributed by atoms with van der Waals surface area (Å²) in [5, 5.41) is 11.5. The molecule has 0 spiro atoms. The highest BCUT2D eigenvalue weighted by Crippen LogP contribution is 2.42. The molecule has 7 heteroatoms. The highest BCUT2D eigenvalue weighted by atomic mass is 16.5. The summed E-state index contributed by atoms with van der Waals surface area (Å²) in [5.41, 5.74) is 3.10. The molecule has 2 aromatic carbocycles. The number of hydrogen-bond donors (Lipinski definition) is 1. The second-order valence-corrected chi connectivity index (χ2v) is 7.15. The Bertz CT molecular complexity index is 1010. The van der Waals surface area contributed by atoms with Gasteiger partial charge < -0.3 is 14.8 Å². The largest absolute Gasteiger partial charge is 0.493 e. The molecule has 7 nitrogen and oxygen atoms in total. The van der Waals surface area contributed by atoms with E-state index in [9.17, 15) is 4.79 Å². The van der Waals surface area contributed by atoms with Crippen LogP contribution in [0.4, 0.5) is 0 Å². The quantitative estimate of drug-likeness (QED) is 0.664. The number of nitrogens with one attached hydrogen (secondary N) is 1. The second-order valence-electron chi connectivity index (χ2n) is 7.15. The summed E-state index contributed by atoms with van der Waals surface area (Å²) in [6.45, 7) is 1.93. The second kappa shape index (κ2) is 7.95. The Hall–Kier alpha value is -3.35. The van der Waals surface area contributed by atoms with E-state index < -0.39 is 0 Å². The molecule has 1 amide bonds. The number of methoxy groups -OCH3 is 2. The normalized spacial score (nSPS) is 14.3. The van der Waals surface area contributed by atoms with Gasteiger partial charge >= 0.3 is 0 Å². The van der Waals surface area contributed by atoms with Crippen LogP contribution in [0, 0.1) is 0 Å². The Balaban J connectivity index is 1.58. The number of carbonyl (C=O) groups is 1. The molecule has 1 aliphatic carbocycles. The number of amides is 1. The zero-order valence-electron chi connectivity index (χ0n) is 16.8. The molecule has 1 heterocycles. The van der Waals surface area contributed by atoms with Gasteiger partial charge in [-0.25, -0.2) is 4.68 Å². The standard InChI is InChI=1S/C22H24N4O3/c1-14(16-11-12-18(28-2)19(13-16)29-3)23-22(27)20-21(15-9-10-15)26(25-24-20)17-7-5-4-6-8-17/h4-8,11-15H,9-10H2,1-3H3,(H,23,27). The van der Waals surface area contributed by atoms with Gasteiger partial charge in [0.05, 0.1) is 31.6 Å². The third kappa shape index (κ3) is 3.81. The van der Waals surface area contributed by atoms with E-state index in [1.54, 1.807) is 18.9 Å². The molecule has 1 atom stereocenters. The number of para-hydroxylation sites is 1. The SMILES string of the molecule is COc1ccc(C(C)NC(=O)c2nnn(-c3ccccc3)c2C2CC2)cc1OC. The number of benzene rings is 2. The molecule has 0 saturated heterocycles. The molecule has 4 rings (SSSR count). The molecule has 1 fully saturated rings. The van der Waals surface area contributed by atoms with Crippen LogP contribution in [0.1, 0.15) is 53.5 Å². The first-order chi connectivity index (χ1) is 14.1. The number of nitrogens with zero attached hydrogens (tertiary/aromatic N) is 3. The van der Waals surface area contributed by atoms with Crippen molar-refractivity contribution >= 4 is 5.91 Å². The van der Waals surface area contributed by atoms with Crippen LogP contribution in [0.3, 0.4) is 0 Å². The summed E-state index contributed by atoms with van der Waals surface area (Å²) in [5.74, 6) is 1.37. The van der Waals surface area contributed by atoms with Gasteiger partial charge in [-0.3, -0.25) is 4.79 Å². The lowest BCUT2D eigenvalue weighted by molar-refractivity contribution is 0.0933. The van der Waals surface area contributed by atoms with Gasteiger partial charge in [-0.1, -0.05) is 29.5 Å². The van der Waals surface area contributed by atoms with Crippen molar-refractivity contribution in [2.45, 2.75) is 31.7 Å². The first-order valence-corrected chi connectivity index (χ1v) is 9.66. The fraction of sp³-hybridized carbons (Fsp3) is 0.318. The van der Waals surface area contributed by atoms with Gasteiger partial charge in [-0.15, -0.1) is 5.10 Å². The molecule has 3 aromatic rings. The van der Waals surface area contributed by atoms with Crippen LogP contribution in [0.25, 0.3) is 5.69 Å². The number of rotatable bonds is 7. The molecule has 0 radical (unpaired) electrons. The topological polar surface area (TPSA) is 78.3 Å². The maximum Gasteiger partial charge on any atom is 0.274 e. The Morgan fingerprint density at radius 1 is 1.10 bits per heavy atom. The van der Waals surface area contributed by atoms with Crippen LogP contribution in [0.5, 0.6) is 11.5 Å². The van der Waals surface area contributed by atoms with Crippen LogP contribution >= 0.6 is 0 Å². The van der Waals surface area contributed by atoms with E-state index in [2.05, 4.69) is 15.6 Å². The lowest BCUT2D eigenvalue weighted by Crippen LogP contribution is -2.28. The maximum absolute atomic E-state index is 13.0. The predicted octanol–water partition coefficient (Wildman–Crippen LogP) is 3.65. The van der Waals surface area contributed by atoms with Gasteiger partial charge in [0, 0.05) is 5.92 Å². The molecule has 1 aliphatic rings. The lowest BCUT2D eigenvalue weighted by Gasteiger charge is -2.16. The molecule has 0 aliphatic heterocycles. The number of carbonyl (C=O) groups excluding carboxylic acids is 1. The fourth-order valence-electron chi connectivity index (χ4n) is 3.40. The molecule has 1 saturated carbocycles. The van der Waals surface area contributed by atoms with Gasteiger partial charge in [0.1, 0.15) is 0 Å². The average Bonchev–Trinajstić information content (AvgIpc) is 3.51. The Kier molecular flexibility index (Phi) is 5.20. The molecule has 150 valence electrons. The first kappa shape index (κ1) is 19.0. The van der Waals surface area contributed by atoms with Gasteiger partial charge in [0.2, 0.25) is 0 Å². The van der Waals surface area contributed by atoms with Crippen LogP contribution < -0.4 is 14.8 Å². The van der Waals surface area contributed by atoms with Crippen LogP contribution in [0.2, 0.25) is 0 Å². The zero-order valence-corrected chi connectivity index (χ0v) is 16.8. The first-order valence-electron chi connectivity index (χ1n) is 9.66. The summed E-state index contributed by atoms with van der Waals surface area (Å²) in [7, 11) is 3.19. The fourth-order valence-corrected chi connectivity index (χ4v) is 3.40. The van der Waals surface area contributed by atoms with E-state index in [0.717, 1.165) is 29.8 Å². The van der Waals surface area contributed by atoms with E-state index in [1.165, 1.54) is 0 Å². The van der Waals surface area contributed by atoms with Crippen molar-refractivity contribution in [1.82, 2.24) is 20.3 Å². The van der Waals surface area contributed by atoms with Gasteiger partial charge in [0.15, 0.2) is 17.2 Å². The van der Waals surface area contributed by atoms with Crippen molar-refractivity contribution in [3.63, 3.8) is 0 Å². The van der Waals surface area contributed by atoms with Crippen LogP contribution in [-0.4, -0.2) is 35.1 Å². The predicted molar refractivity (Wildman–Crippen MR) is 109 cm³/mol. The Morgan fingerprint density at radius 3 is 2.48 bits per heavy atom. The van der Waals surface area contributed by atoms with Crippen molar-refractivity contribution in [2.24, 2.45) is 0 Å². The Labute approximate surface area is 169 Å². The van der Waals surface area contributed by atoms with Crippen molar-refractivity contribution in [3.05, 3.63) is 65.5 Å². The third-order valence-electron chi connectivity index (χ3n) is 5.14. The molecule has 1 aromatic heterocycles. The van der Waals surface area contributed by atoms with Gasteiger partial charge in [0.25, 0.3) is 5.91 Å². The van der Waals surface area contributed by atoms with E-state index in [-0.39, 0.29) is 11.9 Å². The van der Waals surface area contributed by atoms with Crippen LogP contribution in [0.15, 0.2) is 48.5 Å². The molecule has 29 heavy (non-hydrogen) atoms. The van der Waals surface area contributed by atoms with E-state index in [4.69, 9.17) is 9.47 Å². The minimum Gasteiger partial charge on any atom is -0.493 e. The van der Waals surface area contributed by atoms with E-state index in [0.29, 0.717) is 23.1 Å². The molecular weight excluding hydrogens is 368 g/mol. The van der Waals surface area contributed by atoms with Gasteiger partial charge in [-0.2, -0.15) is 0 Å². The van der Waals surface area contributed by atoms with Crippen molar-refractivity contribution in [2.75, 3.05) is 14.2 Å². The number of hydrogen-bond acceptors (Lipinski definition) is 5. The molecule has 1 unspecified atom stereocenters. The minimum absolute atomic E-state index is 0.226. The smallest absolute Gasteiger partial charge is 0.274 e. The van der Waals surface area contributed by atoms with Gasteiger partial charge in [-0.05, 0) is 49.6 Å². The summed E-state index contributed by atoms with van der Waals surface area (Å²) >= 11 is 0. The maximum atomic E-state index is 13.0. The van der Waals surface area contributed by atoms with E-state index >= 15 is 0 Å². The molecule has 0 bridgehead atoms. The molecule has 1 N–H and O–H groups in total. The summed E-state index contributed by atoms with van der Waals surface area (Å²) in [6, 6.07) is 15.2. The van der Waals surface area contributed by atoms with E-state index in [1.807, 2.05) is 55.5 Å². The van der Waals surface area contributed by atoms with Crippen molar-refractivity contribution < 1.29 is 14.3 Å².